The number of alkyl halides is 3. The summed E-state index contributed by atoms with van der Waals surface area (Å²) in [5.74, 6) is 0. The molecule has 1 aromatic heterocycles. The van der Waals surface area contributed by atoms with E-state index in [0.717, 1.165) is 6.07 Å². The molecule has 6 nitrogen and oxygen atoms in total. The Morgan fingerprint density at radius 1 is 1.11 bits per heavy atom. The molecule has 1 aromatic carbocycles. The number of carbonyl (C=O) groups is 1. The molecule has 0 aliphatic heterocycles. The van der Waals surface area contributed by atoms with Crippen LogP contribution in [0.15, 0.2) is 30.6 Å². The van der Waals surface area contributed by atoms with Crippen molar-refractivity contribution in [3.05, 3.63) is 47.0 Å². The highest BCUT2D eigenvalue weighted by Crippen LogP contribution is 2.34. The fraction of sp³-hybridized carbons (Fsp3) is 0.267. The Balaban J connectivity index is 0.00000338. The third kappa shape index (κ3) is 7.76. The number of carbonyl (C=O) groups excluding carboxylic acids is 1. The van der Waals surface area contributed by atoms with Gasteiger partial charge in [0.1, 0.15) is 0 Å². The lowest BCUT2D eigenvalue weighted by Crippen LogP contribution is -2.21. The largest absolute Gasteiger partial charge is 0.416 e. The van der Waals surface area contributed by atoms with Gasteiger partial charge in [0.2, 0.25) is 5.28 Å². The van der Waals surface area contributed by atoms with Crippen molar-refractivity contribution in [2.24, 2.45) is 0 Å². The van der Waals surface area contributed by atoms with Crippen molar-refractivity contribution in [1.82, 2.24) is 14.9 Å². The van der Waals surface area contributed by atoms with Crippen LogP contribution in [0.5, 0.6) is 0 Å². The molecule has 2 rings (SSSR count). The summed E-state index contributed by atoms with van der Waals surface area (Å²) in [6.07, 6.45) is -1.98. The lowest BCUT2D eigenvalue weighted by Gasteiger charge is -2.18. The molecule has 0 saturated heterocycles. The number of benzene rings is 1. The molecule has 12 heteroatoms. The van der Waals surface area contributed by atoms with E-state index in [1.165, 1.54) is 24.5 Å². The Morgan fingerprint density at radius 3 is 2.19 bits per heavy atom. The first-order valence-electron chi connectivity index (χ1n) is 7.05. The van der Waals surface area contributed by atoms with Crippen molar-refractivity contribution < 1.29 is 18.0 Å². The van der Waals surface area contributed by atoms with Crippen LogP contribution >= 0.6 is 36.4 Å². The van der Waals surface area contributed by atoms with Crippen LogP contribution in [0.1, 0.15) is 11.1 Å². The predicted octanol–water partition coefficient (Wildman–Crippen LogP) is 4.70. The predicted molar refractivity (Wildman–Crippen MR) is 103 cm³/mol. The zero-order valence-electron chi connectivity index (χ0n) is 14.2. The monoisotopic (exact) mass is 445 g/mol. The Kier molecular flexibility index (Phi) is 9.80. The molecule has 2 amide bonds. The highest BCUT2D eigenvalue weighted by Gasteiger charge is 2.33. The van der Waals surface area contributed by atoms with Crippen LogP contribution in [0.4, 0.5) is 29.3 Å². The highest BCUT2D eigenvalue weighted by atomic mass is 35.5. The van der Waals surface area contributed by atoms with Gasteiger partial charge in [0, 0.05) is 12.2 Å². The van der Waals surface area contributed by atoms with E-state index in [1.54, 1.807) is 19.0 Å². The maximum absolute atomic E-state index is 13.2. The molecular weight excluding hydrogens is 430 g/mol. The quantitative estimate of drug-likeness (QED) is 0.668. The normalized spacial score (nSPS) is 10.6. The van der Waals surface area contributed by atoms with E-state index in [2.05, 4.69) is 20.6 Å². The second-order valence-corrected chi connectivity index (χ2v) is 5.77. The van der Waals surface area contributed by atoms with Crippen molar-refractivity contribution in [2.75, 3.05) is 24.7 Å². The number of hydrogen-bond acceptors (Lipinski definition) is 4. The van der Waals surface area contributed by atoms with Crippen LogP contribution in [0.2, 0.25) is 5.28 Å². The SMILES string of the molecule is CN(C)Cc1ccc(NC(=O)Nc2cnc(Cl)nc2)cc1C(F)(F)F.Cl.Cl. The van der Waals surface area contributed by atoms with Crippen molar-refractivity contribution in [3.8, 4) is 0 Å². The van der Waals surface area contributed by atoms with E-state index in [1.807, 2.05) is 0 Å². The first kappa shape index (κ1) is 25.2. The zero-order valence-corrected chi connectivity index (χ0v) is 16.6. The van der Waals surface area contributed by atoms with Gasteiger partial charge in [0.15, 0.2) is 0 Å². The van der Waals surface area contributed by atoms with Crippen molar-refractivity contribution in [2.45, 2.75) is 12.7 Å². The molecular formula is C15H17Cl3F3N5O. The Morgan fingerprint density at radius 2 is 1.67 bits per heavy atom. The van der Waals surface area contributed by atoms with Gasteiger partial charge in [0.25, 0.3) is 0 Å². The lowest BCUT2D eigenvalue weighted by atomic mass is 10.1. The topological polar surface area (TPSA) is 70.2 Å². The molecule has 2 aromatic rings. The molecule has 0 aliphatic rings. The summed E-state index contributed by atoms with van der Waals surface area (Å²) in [5.41, 5.74) is -0.409. The van der Waals surface area contributed by atoms with Gasteiger partial charge in [-0.05, 0) is 43.4 Å². The van der Waals surface area contributed by atoms with E-state index in [0.29, 0.717) is 0 Å². The summed E-state index contributed by atoms with van der Waals surface area (Å²) in [7, 11) is 3.35. The molecule has 0 atom stereocenters. The third-order valence-corrected chi connectivity index (χ3v) is 3.23. The lowest BCUT2D eigenvalue weighted by molar-refractivity contribution is -0.138. The summed E-state index contributed by atoms with van der Waals surface area (Å²) in [6.45, 7) is 0.128. The smallest absolute Gasteiger partial charge is 0.308 e. The number of halogens is 6. The summed E-state index contributed by atoms with van der Waals surface area (Å²) in [4.78, 5) is 20.9. The van der Waals surface area contributed by atoms with Gasteiger partial charge in [-0.2, -0.15) is 13.2 Å². The van der Waals surface area contributed by atoms with Gasteiger partial charge in [-0.1, -0.05) is 6.07 Å². The summed E-state index contributed by atoms with van der Waals surface area (Å²) < 4.78 is 39.7. The molecule has 0 saturated carbocycles. The number of rotatable bonds is 4. The molecule has 27 heavy (non-hydrogen) atoms. The highest BCUT2D eigenvalue weighted by molar-refractivity contribution is 6.28. The molecule has 1 heterocycles. The second kappa shape index (κ2) is 10.5. The van der Waals surface area contributed by atoms with Crippen LogP contribution in [0.25, 0.3) is 0 Å². The van der Waals surface area contributed by atoms with Crippen molar-refractivity contribution in [1.29, 1.82) is 0 Å². The van der Waals surface area contributed by atoms with Gasteiger partial charge in [-0.25, -0.2) is 14.8 Å². The fourth-order valence-electron chi connectivity index (χ4n) is 2.07. The van der Waals surface area contributed by atoms with Crippen LogP contribution in [-0.2, 0) is 12.7 Å². The van der Waals surface area contributed by atoms with Gasteiger partial charge < -0.3 is 15.5 Å². The molecule has 0 fully saturated rings. The minimum Gasteiger partial charge on any atom is -0.308 e. The van der Waals surface area contributed by atoms with E-state index < -0.39 is 17.8 Å². The summed E-state index contributed by atoms with van der Waals surface area (Å²) in [6, 6.07) is 2.92. The second-order valence-electron chi connectivity index (χ2n) is 5.43. The Labute approximate surface area is 171 Å². The number of nitrogens with zero attached hydrogens (tertiary/aromatic N) is 3. The van der Waals surface area contributed by atoms with Crippen molar-refractivity contribution in [3.63, 3.8) is 0 Å². The molecule has 0 radical (unpaired) electrons. The zero-order chi connectivity index (χ0) is 18.6. The number of anilines is 2. The van der Waals surface area contributed by atoms with E-state index >= 15 is 0 Å². The molecule has 0 spiro atoms. The fourth-order valence-corrected chi connectivity index (χ4v) is 2.16. The van der Waals surface area contributed by atoms with Crippen molar-refractivity contribution >= 4 is 53.8 Å². The average molecular weight is 447 g/mol. The standard InChI is InChI=1S/C15H15ClF3N5O.2ClH/c1-24(2)8-9-3-4-10(5-12(9)15(17,18)19)22-14(25)23-11-6-20-13(16)21-7-11;;/h3-7H,8H2,1-2H3,(H2,22,23,25);2*1H. The average Bonchev–Trinajstić information content (AvgIpc) is 2.49. The van der Waals surface area contributed by atoms with Gasteiger partial charge in [-0.3, -0.25) is 0 Å². The number of urea groups is 1. The maximum Gasteiger partial charge on any atom is 0.416 e. The summed E-state index contributed by atoms with van der Waals surface area (Å²) >= 11 is 5.53. The number of hydrogen-bond donors (Lipinski definition) is 2. The number of nitrogens with one attached hydrogen (secondary N) is 2. The maximum atomic E-state index is 13.2. The first-order valence-corrected chi connectivity index (χ1v) is 7.43. The minimum atomic E-state index is -4.52. The molecule has 0 aliphatic carbocycles. The first-order chi connectivity index (χ1) is 11.6. The number of amides is 2. The summed E-state index contributed by atoms with van der Waals surface area (Å²) in [5, 5.41) is 4.76. The van der Waals surface area contributed by atoms with Crippen LogP contribution in [0.3, 0.4) is 0 Å². The third-order valence-electron chi connectivity index (χ3n) is 3.04. The molecule has 0 bridgehead atoms. The van der Waals surface area contributed by atoms with Gasteiger partial charge in [-0.15, -0.1) is 24.8 Å². The minimum absolute atomic E-state index is 0. The Hall–Kier alpha value is -1.81. The van der Waals surface area contributed by atoms with E-state index in [4.69, 9.17) is 11.6 Å². The molecule has 0 unspecified atom stereocenters. The van der Waals surface area contributed by atoms with Crippen LogP contribution < -0.4 is 10.6 Å². The van der Waals surface area contributed by atoms with Gasteiger partial charge >= 0.3 is 12.2 Å². The number of aromatic nitrogens is 2. The molecule has 2 N–H and O–H groups in total. The Bertz CT molecular complexity index is 757. The van der Waals surface area contributed by atoms with Crippen LogP contribution in [0, 0.1) is 0 Å². The van der Waals surface area contributed by atoms with E-state index in [-0.39, 0.29) is 53.6 Å². The molecule has 150 valence electrons. The van der Waals surface area contributed by atoms with Crippen LogP contribution in [-0.4, -0.2) is 35.0 Å². The van der Waals surface area contributed by atoms with E-state index in [9.17, 15) is 18.0 Å². The van der Waals surface area contributed by atoms with Gasteiger partial charge in [0.05, 0.1) is 23.6 Å².